The molecule has 0 bridgehead atoms. The molecule has 0 aliphatic heterocycles. The lowest BCUT2D eigenvalue weighted by molar-refractivity contribution is -0.137. The van der Waals surface area contributed by atoms with Crippen molar-refractivity contribution >= 4 is 23.5 Å². The maximum atomic E-state index is 13.0. The topological polar surface area (TPSA) is 66.4 Å². The molecule has 2 aromatic rings. The molecule has 0 fully saturated rings. The number of benzene rings is 2. The molecule has 0 aromatic heterocycles. The Morgan fingerprint density at radius 1 is 1.22 bits per heavy atom. The van der Waals surface area contributed by atoms with Gasteiger partial charge in [0.2, 0.25) is 0 Å². The van der Waals surface area contributed by atoms with Crippen molar-refractivity contribution in [3.63, 3.8) is 0 Å². The van der Waals surface area contributed by atoms with Crippen molar-refractivity contribution in [2.24, 2.45) is 0 Å². The molecule has 0 saturated carbocycles. The average molecular weight is 336 g/mol. The lowest BCUT2D eigenvalue weighted by Gasteiger charge is -2.18. The second-order valence-corrected chi connectivity index (χ2v) is 5.49. The standard InChI is InChI=1S/C17H15ClFNO3/c1-10-3-2-4-13(16(10)18)17(23)20-14(9-15(21)22)11-5-7-12(19)8-6-11/h2-8,14H,9H2,1H3,(H,20,23)(H,21,22). The van der Waals surface area contributed by atoms with E-state index in [0.717, 1.165) is 5.56 Å². The van der Waals surface area contributed by atoms with Gasteiger partial charge < -0.3 is 10.4 Å². The van der Waals surface area contributed by atoms with E-state index in [0.29, 0.717) is 10.6 Å². The molecule has 2 N–H and O–H groups in total. The van der Waals surface area contributed by atoms with Gasteiger partial charge in [-0.2, -0.15) is 0 Å². The van der Waals surface area contributed by atoms with Crippen molar-refractivity contribution in [3.05, 3.63) is 70.0 Å². The number of rotatable bonds is 5. The molecule has 2 rings (SSSR count). The quantitative estimate of drug-likeness (QED) is 0.874. The van der Waals surface area contributed by atoms with Crippen LogP contribution in [0, 0.1) is 12.7 Å². The number of aryl methyl sites for hydroxylation is 1. The smallest absolute Gasteiger partial charge is 0.305 e. The molecule has 2 aromatic carbocycles. The predicted molar refractivity (Wildman–Crippen MR) is 85.0 cm³/mol. The first-order valence-electron chi connectivity index (χ1n) is 6.91. The van der Waals surface area contributed by atoms with E-state index >= 15 is 0 Å². The molecule has 0 radical (unpaired) electrons. The first kappa shape index (κ1) is 17.0. The second-order valence-electron chi connectivity index (χ2n) is 5.11. The normalized spacial score (nSPS) is 11.8. The third-order valence-corrected chi connectivity index (χ3v) is 3.89. The zero-order valence-corrected chi connectivity index (χ0v) is 13.1. The molecule has 120 valence electrons. The molecule has 0 saturated heterocycles. The predicted octanol–water partition coefficient (Wildman–Crippen LogP) is 3.73. The number of carboxylic acid groups (broad SMARTS) is 1. The van der Waals surface area contributed by atoms with Crippen molar-refractivity contribution in [2.75, 3.05) is 0 Å². The van der Waals surface area contributed by atoms with Gasteiger partial charge in [-0.05, 0) is 36.2 Å². The number of carbonyl (C=O) groups excluding carboxylic acids is 1. The van der Waals surface area contributed by atoms with Crippen LogP contribution in [0.15, 0.2) is 42.5 Å². The lowest BCUT2D eigenvalue weighted by Crippen LogP contribution is -2.30. The summed E-state index contributed by atoms with van der Waals surface area (Å²) in [6, 6.07) is 9.58. The van der Waals surface area contributed by atoms with Gasteiger partial charge in [0.25, 0.3) is 5.91 Å². The van der Waals surface area contributed by atoms with Crippen molar-refractivity contribution in [2.45, 2.75) is 19.4 Å². The van der Waals surface area contributed by atoms with Crippen molar-refractivity contribution in [1.82, 2.24) is 5.32 Å². The van der Waals surface area contributed by atoms with Gasteiger partial charge in [0.1, 0.15) is 5.82 Å². The third-order valence-electron chi connectivity index (χ3n) is 3.39. The Morgan fingerprint density at radius 2 is 1.87 bits per heavy atom. The molecule has 6 heteroatoms. The van der Waals surface area contributed by atoms with Crippen LogP contribution in [0.1, 0.15) is 33.9 Å². The Bertz CT molecular complexity index is 731. The highest BCUT2D eigenvalue weighted by molar-refractivity contribution is 6.34. The van der Waals surface area contributed by atoms with Gasteiger partial charge >= 0.3 is 5.97 Å². The van der Waals surface area contributed by atoms with Gasteiger partial charge in [0.15, 0.2) is 0 Å². The first-order valence-corrected chi connectivity index (χ1v) is 7.29. The van der Waals surface area contributed by atoms with Crippen LogP contribution >= 0.6 is 11.6 Å². The molecule has 23 heavy (non-hydrogen) atoms. The maximum absolute atomic E-state index is 13.0. The minimum absolute atomic E-state index is 0.268. The van der Waals surface area contributed by atoms with Crippen molar-refractivity contribution in [1.29, 1.82) is 0 Å². The van der Waals surface area contributed by atoms with Crippen molar-refractivity contribution < 1.29 is 19.1 Å². The fourth-order valence-electron chi connectivity index (χ4n) is 2.18. The monoisotopic (exact) mass is 335 g/mol. The average Bonchev–Trinajstić information content (AvgIpc) is 2.49. The number of hydrogen-bond donors (Lipinski definition) is 2. The molecular weight excluding hydrogens is 321 g/mol. The van der Waals surface area contributed by atoms with E-state index in [4.69, 9.17) is 16.7 Å². The Balaban J connectivity index is 2.27. The molecule has 0 spiro atoms. The Morgan fingerprint density at radius 3 is 2.48 bits per heavy atom. The minimum atomic E-state index is -1.07. The summed E-state index contributed by atoms with van der Waals surface area (Å²) in [6.45, 7) is 1.77. The van der Waals surface area contributed by atoms with E-state index in [9.17, 15) is 14.0 Å². The fourth-order valence-corrected chi connectivity index (χ4v) is 2.39. The number of aliphatic carboxylic acids is 1. The maximum Gasteiger partial charge on any atom is 0.305 e. The number of halogens is 2. The number of carbonyl (C=O) groups is 2. The van der Waals surface area contributed by atoms with Crippen LogP contribution in [0.4, 0.5) is 4.39 Å². The van der Waals surface area contributed by atoms with Crippen LogP contribution < -0.4 is 5.32 Å². The SMILES string of the molecule is Cc1cccc(C(=O)NC(CC(=O)O)c2ccc(F)cc2)c1Cl. The summed E-state index contributed by atoms with van der Waals surface area (Å²) < 4.78 is 13.0. The summed E-state index contributed by atoms with van der Waals surface area (Å²) >= 11 is 6.12. The number of carboxylic acids is 1. The van der Waals surface area contributed by atoms with Crippen LogP contribution in [-0.2, 0) is 4.79 Å². The lowest BCUT2D eigenvalue weighted by atomic mass is 10.0. The molecule has 1 amide bonds. The summed E-state index contributed by atoms with van der Waals surface area (Å²) in [5.74, 6) is -1.99. The number of hydrogen-bond acceptors (Lipinski definition) is 2. The van der Waals surface area contributed by atoms with E-state index in [2.05, 4.69) is 5.32 Å². The van der Waals surface area contributed by atoms with E-state index in [-0.39, 0.29) is 12.0 Å². The fraction of sp³-hybridized carbons (Fsp3) is 0.176. The first-order chi connectivity index (χ1) is 10.9. The molecule has 0 aliphatic rings. The summed E-state index contributed by atoms with van der Waals surface area (Å²) in [6.07, 6.45) is -0.319. The molecular formula is C17H15ClFNO3. The van der Waals surface area contributed by atoms with Gasteiger partial charge in [-0.15, -0.1) is 0 Å². The zero-order valence-electron chi connectivity index (χ0n) is 12.3. The van der Waals surface area contributed by atoms with Gasteiger partial charge in [-0.1, -0.05) is 35.9 Å². The van der Waals surface area contributed by atoms with Crippen LogP contribution in [0.5, 0.6) is 0 Å². The molecule has 1 atom stereocenters. The summed E-state index contributed by atoms with van der Waals surface area (Å²) in [5.41, 5.74) is 1.52. The second kappa shape index (κ2) is 7.24. The van der Waals surface area contributed by atoms with Crippen molar-refractivity contribution in [3.8, 4) is 0 Å². The Labute approximate surface area is 137 Å². The minimum Gasteiger partial charge on any atom is -0.481 e. The van der Waals surface area contributed by atoms with E-state index in [1.807, 2.05) is 0 Å². The largest absolute Gasteiger partial charge is 0.481 e. The van der Waals surface area contributed by atoms with E-state index in [1.54, 1.807) is 25.1 Å². The molecule has 0 aliphatic carbocycles. The summed E-state index contributed by atoms with van der Waals surface area (Å²) in [5, 5.41) is 12.0. The highest BCUT2D eigenvalue weighted by Crippen LogP contribution is 2.23. The summed E-state index contributed by atoms with van der Waals surface area (Å²) in [7, 11) is 0. The van der Waals surface area contributed by atoms with Gasteiger partial charge in [0.05, 0.1) is 23.0 Å². The van der Waals surface area contributed by atoms with Crippen LogP contribution in [0.3, 0.4) is 0 Å². The van der Waals surface area contributed by atoms with E-state index < -0.39 is 23.7 Å². The summed E-state index contributed by atoms with van der Waals surface area (Å²) in [4.78, 5) is 23.4. The molecule has 0 heterocycles. The number of amides is 1. The molecule has 1 unspecified atom stereocenters. The van der Waals surface area contributed by atoms with Crippen LogP contribution in [0.25, 0.3) is 0 Å². The number of nitrogens with one attached hydrogen (secondary N) is 1. The van der Waals surface area contributed by atoms with E-state index in [1.165, 1.54) is 24.3 Å². The Hall–Kier alpha value is -2.40. The molecule has 4 nitrogen and oxygen atoms in total. The highest BCUT2D eigenvalue weighted by Gasteiger charge is 2.20. The van der Waals surface area contributed by atoms with Gasteiger partial charge in [-0.3, -0.25) is 9.59 Å². The van der Waals surface area contributed by atoms with Crippen LogP contribution in [0.2, 0.25) is 5.02 Å². The van der Waals surface area contributed by atoms with Gasteiger partial charge in [0, 0.05) is 0 Å². The van der Waals surface area contributed by atoms with Crippen LogP contribution in [-0.4, -0.2) is 17.0 Å². The zero-order chi connectivity index (χ0) is 17.0. The third kappa shape index (κ3) is 4.29. The van der Waals surface area contributed by atoms with Gasteiger partial charge in [-0.25, -0.2) is 4.39 Å². The highest BCUT2D eigenvalue weighted by atomic mass is 35.5. The Kier molecular flexibility index (Phi) is 5.34.